The third-order valence-electron chi connectivity index (χ3n) is 1.73. The van der Waals surface area contributed by atoms with Crippen LogP contribution in [0.2, 0.25) is 0 Å². The molecule has 2 nitrogen and oxygen atoms in total. The molecule has 1 aliphatic heterocycles. The molecule has 2 radical (unpaired) electrons. The first-order valence-corrected chi connectivity index (χ1v) is 3.40. The largest absolute Gasteiger partial charge is 0.383 e. The van der Waals surface area contributed by atoms with Crippen LogP contribution in [0.3, 0.4) is 0 Å². The average molecular weight is 125 g/mol. The Balaban J connectivity index is 2.38. The number of hydrogen-bond donors (Lipinski definition) is 1. The Labute approximate surface area is 57.2 Å². The number of rotatable bonds is 1. The van der Waals surface area contributed by atoms with Gasteiger partial charge in [0.2, 0.25) is 0 Å². The molecule has 0 aromatic rings. The van der Waals surface area contributed by atoms with E-state index >= 15 is 0 Å². The van der Waals surface area contributed by atoms with E-state index in [0.29, 0.717) is 0 Å². The van der Waals surface area contributed by atoms with Crippen molar-refractivity contribution in [2.45, 2.75) is 37.9 Å². The van der Waals surface area contributed by atoms with Gasteiger partial charge in [-0.05, 0) is 12.8 Å². The van der Waals surface area contributed by atoms with Gasteiger partial charge >= 0.3 is 0 Å². The van der Waals surface area contributed by atoms with Crippen molar-refractivity contribution in [3.63, 3.8) is 0 Å². The molecule has 1 rings (SSSR count). The monoisotopic (exact) mass is 125 g/mol. The maximum atomic E-state index is 5.67. The van der Waals surface area contributed by atoms with Crippen molar-refractivity contribution in [2.24, 2.45) is 5.73 Å². The lowest BCUT2D eigenvalue weighted by Gasteiger charge is -2.10. The van der Waals surface area contributed by atoms with Gasteiger partial charge in [-0.1, -0.05) is 6.92 Å². The first kappa shape index (κ1) is 7.10. The molecule has 3 heteroatoms. The van der Waals surface area contributed by atoms with E-state index in [0.717, 1.165) is 12.8 Å². The van der Waals surface area contributed by atoms with Crippen molar-refractivity contribution in [1.82, 2.24) is 0 Å². The van der Waals surface area contributed by atoms with E-state index < -0.39 is 0 Å². The van der Waals surface area contributed by atoms with Crippen molar-refractivity contribution in [3.05, 3.63) is 0 Å². The third-order valence-corrected chi connectivity index (χ3v) is 1.73. The normalized spacial score (nSPS) is 43.6. The van der Waals surface area contributed by atoms with Crippen LogP contribution in [0.25, 0.3) is 0 Å². The summed E-state index contributed by atoms with van der Waals surface area (Å²) in [6, 6.07) is 0.0370. The molecule has 9 heavy (non-hydrogen) atoms. The van der Waals surface area contributed by atoms with Crippen LogP contribution in [0.15, 0.2) is 0 Å². The zero-order valence-corrected chi connectivity index (χ0v) is 5.71. The van der Waals surface area contributed by atoms with Crippen LogP contribution < -0.4 is 5.73 Å². The summed E-state index contributed by atoms with van der Waals surface area (Å²) in [6.45, 7) is 2.06. The summed E-state index contributed by atoms with van der Waals surface area (Å²) in [5.74, 6) is 0. The van der Waals surface area contributed by atoms with Gasteiger partial charge in [0.15, 0.2) is 0 Å². The summed E-state index contributed by atoms with van der Waals surface area (Å²) in [6.07, 6.45) is 1.97. The lowest BCUT2D eigenvalue weighted by molar-refractivity contribution is 0.0802. The van der Waals surface area contributed by atoms with Gasteiger partial charge in [-0.15, -0.1) is 0 Å². The Bertz CT molecular complexity index is 99.1. The predicted octanol–water partition coefficient (Wildman–Crippen LogP) is 0.00720. The molecule has 0 unspecified atom stereocenters. The highest BCUT2D eigenvalue weighted by Crippen LogP contribution is 2.18. The van der Waals surface area contributed by atoms with Crippen molar-refractivity contribution in [3.8, 4) is 0 Å². The molecule has 0 saturated carbocycles. The quantitative estimate of drug-likeness (QED) is 0.501. The van der Waals surface area contributed by atoms with Crippen LogP contribution in [0.5, 0.6) is 0 Å². The second kappa shape index (κ2) is 2.71. The highest BCUT2D eigenvalue weighted by Gasteiger charge is 2.27. The third kappa shape index (κ3) is 1.46. The van der Waals surface area contributed by atoms with Crippen LogP contribution in [-0.2, 0) is 4.74 Å². The minimum Gasteiger partial charge on any atom is -0.383 e. The summed E-state index contributed by atoms with van der Waals surface area (Å²) in [7, 11) is 5.49. The van der Waals surface area contributed by atoms with Gasteiger partial charge < -0.3 is 10.5 Å². The maximum absolute atomic E-state index is 5.67. The fourth-order valence-corrected chi connectivity index (χ4v) is 1.20. The van der Waals surface area contributed by atoms with Gasteiger partial charge in [0, 0.05) is 12.0 Å². The van der Waals surface area contributed by atoms with Gasteiger partial charge in [-0.3, -0.25) is 0 Å². The number of hydrogen-bond acceptors (Lipinski definition) is 2. The SMILES string of the molecule is [B][C@H]1C[C@@H](N)[C@@H](CC)O1. The molecular formula is C6H12BNO. The van der Waals surface area contributed by atoms with E-state index in [1.807, 2.05) is 0 Å². The zero-order chi connectivity index (χ0) is 6.85. The molecule has 1 aliphatic rings. The Kier molecular flexibility index (Phi) is 2.14. The highest BCUT2D eigenvalue weighted by molar-refractivity contribution is 6.11. The second-order valence-corrected chi connectivity index (χ2v) is 2.52. The minimum atomic E-state index is -0.120. The van der Waals surface area contributed by atoms with E-state index in [-0.39, 0.29) is 18.1 Å². The maximum Gasteiger partial charge on any atom is 0.109 e. The molecule has 0 spiro atoms. The van der Waals surface area contributed by atoms with Crippen LogP contribution >= 0.6 is 0 Å². The first-order chi connectivity index (χ1) is 4.24. The van der Waals surface area contributed by atoms with Crippen molar-refractivity contribution < 1.29 is 4.74 Å². The lowest BCUT2D eigenvalue weighted by atomic mass is 9.95. The zero-order valence-electron chi connectivity index (χ0n) is 5.71. The van der Waals surface area contributed by atoms with Crippen molar-refractivity contribution in [2.75, 3.05) is 0 Å². The Hall–Kier alpha value is -0.0151. The molecule has 0 amide bonds. The van der Waals surface area contributed by atoms with E-state index in [4.69, 9.17) is 18.3 Å². The fraction of sp³-hybridized carbons (Fsp3) is 1.00. The Morgan fingerprint density at radius 1 is 1.78 bits per heavy atom. The van der Waals surface area contributed by atoms with Gasteiger partial charge in [0.05, 0.1) is 6.10 Å². The fourth-order valence-electron chi connectivity index (χ4n) is 1.20. The summed E-state index contributed by atoms with van der Waals surface area (Å²) in [5.41, 5.74) is 5.67. The first-order valence-electron chi connectivity index (χ1n) is 3.40. The van der Waals surface area contributed by atoms with E-state index in [1.165, 1.54) is 0 Å². The molecule has 2 N–H and O–H groups in total. The van der Waals surface area contributed by atoms with Gasteiger partial charge in [0.1, 0.15) is 7.85 Å². The summed E-state index contributed by atoms with van der Waals surface area (Å²) in [4.78, 5) is 0. The topological polar surface area (TPSA) is 35.2 Å². The molecular weight excluding hydrogens is 113 g/mol. The molecule has 50 valence electrons. The van der Waals surface area contributed by atoms with E-state index in [2.05, 4.69) is 6.92 Å². The van der Waals surface area contributed by atoms with Crippen molar-refractivity contribution >= 4 is 7.85 Å². The lowest BCUT2D eigenvalue weighted by Crippen LogP contribution is -2.29. The van der Waals surface area contributed by atoms with Crippen LogP contribution in [0.4, 0.5) is 0 Å². The van der Waals surface area contributed by atoms with Crippen LogP contribution in [-0.4, -0.2) is 26.0 Å². The molecule has 0 bridgehead atoms. The summed E-state index contributed by atoms with van der Waals surface area (Å²) >= 11 is 0. The predicted molar refractivity (Wildman–Crippen MR) is 37.3 cm³/mol. The molecule has 1 heterocycles. The van der Waals surface area contributed by atoms with Crippen LogP contribution in [0.1, 0.15) is 19.8 Å². The van der Waals surface area contributed by atoms with Gasteiger partial charge in [-0.25, -0.2) is 0 Å². The van der Waals surface area contributed by atoms with E-state index in [9.17, 15) is 0 Å². The Morgan fingerprint density at radius 2 is 2.44 bits per heavy atom. The molecule has 0 aliphatic carbocycles. The van der Waals surface area contributed by atoms with Gasteiger partial charge in [-0.2, -0.15) is 0 Å². The van der Waals surface area contributed by atoms with E-state index in [1.54, 1.807) is 0 Å². The number of nitrogens with two attached hydrogens (primary N) is 1. The minimum absolute atomic E-state index is 0.120. The molecule has 1 fully saturated rings. The molecule has 3 atom stereocenters. The average Bonchev–Trinajstić information content (AvgIpc) is 2.10. The number of ether oxygens (including phenoxy) is 1. The summed E-state index contributed by atoms with van der Waals surface area (Å²) < 4.78 is 5.28. The Morgan fingerprint density at radius 3 is 2.67 bits per heavy atom. The molecule has 0 aromatic heterocycles. The van der Waals surface area contributed by atoms with Crippen LogP contribution in [0, 0.1) is 0 Å². The molecule has 1 saturated heterocycles. The van der Waals surface area contributed by atoms with Gasteiger partial charge in [0.25, 0.3) is 0 Å². The smallest absolute Gasteiger partial charge is 0.109 e. The standard InChI is InChI=1S/C6H12BNO/c1-2-5-4(8)3-6(7)9-5/h4-6H,2-3,8H2,1H3/t4-,5-,6-/m1/s1. The summed E-state index contributed by atoms with van der Waals surface area (Å²) in [5, 5.41) is 0. The second-order valence-electron chi connectivity index (χ2n) is 2.52. The highest BCUT2D eigenvalue weighted by atomic mass is 16.5. The molecule has 0 aromatic carbocycles. The van der Waals surface area contributed by atoms with Crippen molar-refractivity contribution in [1.29, 1.82) is 0 Å².